The summed E-state index contributed by atoms with van der Waals surface area (Å²) in [5, 5.41) is 21.8. The fraction of sp³-hybridized carbons (Fsp3) is 0.700. The van der Waals surface area contributed by atoms with Gasteiger partial charge in [-0.25, -0.2) is 4.39 Å². The second kappa shape index (κ2) is 8.21. The maximum Gasteiger partial charge on any atom is 0.134 e. The number of aliphatic hydroxyl groups is 2. The molecule has 0 aromatic heterocycles. The molecule has 0 radical (unpaired) electrons. The van der Waals surface area contributed by atoms with Crippen LogP contribution >= 0.6 is 0 Å². The summed E-state index contributed by atoms with van der Waals surface area (Å²) < 4.78 is 24.7. The van der Waals surface area contributed by atoms with Gasteiger partial charge in [-0.15, -0.1) is 0 Å². The summed E-state index contributed by atoms with van der Waals surface area (Å²) in [5.74, 6) is 0.250. The van der Waals surface area contributed by atoms with Crippen LogP contribution in [0.15, 0.2) is 18.2 Å². The molecule has 1 heterocycles. The third kappa shape index (κ3) is 5.16. The van der Waals surface area contributed by atoms with E-state index in [0.717, 1.165) is 25.7 Å². The van der Waals surface area contributed by atoms with Crippen LogP contribution in [0.4, 0.5) is 4.39 Å². The highest BCUT2D eigenvalue weighted by molar-refractivity contribution is 5.28. The number of aryl methyl sites for hydroxylation is 1. The van der Waals surface area contributed by atoms with Crippen LogP contribution in [0.1, 0.15) is 37.7 Å². The number of β-amino-alcohol motifs (C(OH)–C–C–N with tert-alkyl or cyclic N) is 2. The molecule has 1 saturated carbocycles. The van der Waals surface area contributed by atoms with Crippen LogP contribution in [0.5, 0.6) is 5.75 Å². The standard InChI is InChI=1S/C20H30FNO4/c1-16-11-17(5-6-18(16)21)26-15-20(24)13-22(9-10-25-14-20)12-19(23)7-3-2-4-8-19/h5-6,11,23-24H,2-4,7-10,12-15H2,1H3/t20-/m0/s1. The van der Waals surface area contributed by atoms with Crippen LogP contribution in [-0.2, 0) is 4.74 Å². The van der Waals surface area contributed by atoms with Crippen molar-refractivity contribution < 1.29 is 24.1 Å². The van der Waals surface area contributed by atoms with Gasteiger partial charge in [-0.05, 0) is 43.5 Å². The number of halogens is 1. The van der Waals surface area contributed by atoms with E-state index in [0.29, 0.717) is 37.6 Å². The van der Waals surface area contributed by atoms with E-state index in [2.05, 4.69) is 4.90 Å². The number of hydrogen-bond donors (Lipinski definition) is 2. The number of nitrogens with zero attached hydrogens (tertiary/aromatic N) is 1. The molecule has 26 heavy (non-hydrogen) atoms. The average Bonchev–Trinajstić information content (AvgIpc) is 2.78. The van der Waals surface area contributed by atoms with Crippen LogP contribution in [0.2, 0.25) is 0 Å². The zero-order chi connectivity index (χ0) is 18.6. The second-order valence-corrected chi connectivity index (χ2v) is 7.97. The largest absolute Gasteiger partial charge is 0.490 e. The van der Waals surface area contributed by atoms with Gasteiger partial charge in [-0.2, -0.15) is 0 Å². The van der Waals surface area contributed by atoms with Crippen molar-refractivity contribution in [1.29, 1.82) is 0 Å². The molecule has 1 aromatic carbocycles. The maximum atomic E-state index is 13.4. The first-order valence-corrected chi connectivity index (χ1v) is 9.51. The Morgan fingerprint density at radius 1 is 1.19 bits per heavy atom. The summed E-state index contributed by atoms with van der Waals surface area (Å²) in [6.45, 7) is 4.06. The number of hydrogen-bond acceptors (Lipinski definition) is 5. The van der Waals surface area contributed by atoms with Gasteiger partial charge in [0.2, 0.25) is 0 Å². The fourth-order valence-electron chi connectivity index (χ4n) is 3.93. The van der Waals surface area contributed by atoms with E-state index >= 15 is 0 Å². The van der Waals surface area contributed by atoms with Gasteiger partial charge in [0, 0.05) is 19.6 Å². The minimum absolute atomic E-state index is 0.0625. The summed E-state index contributed by atoms with van der Waals surface area (Å²) in [6.07, 6.45) is 4.92. The SMILES string of the molecule is Cc1cc(OC[C@@]2(O)COCCN(CC3(O)CCCCC3)C2)ccc1F. The Kier molecular flexibility index (Phi) is 6.17. The van der Waals surface area contributed by atoms with Gasteiger partial charge in [0.05, 0.1) is 18.8 Å². The van der Waals surface area contributed by atoms with E-state index < -0.39 is 11.2 Å². The molecular formula is C20H30FNO4. The molecule has 2 aliphatic rings. The van der Waals surface area contributed by atoms with E-state index in [1.54, 1.807) is 19.1 Å². The third-order valence-corrected chi connectivity index (χ3v) is 5.38. The van der Waals surface area contributed by atoms with Crippen molar-refractivity contribution in [3.05, 3.63) is 29.6 Å². The lowest BCUT2D eigenvalue weighted by molar-refractivity contribution is -0.0759. The predicted molar refractivity (Wildman–Crippen MR) is 96.9 cm³/mol. The summed E-state index contributed by atoms with van der Waals surface area (Å²) >= 11 is 0. The zero-order valence-electron chi connectivity index (χ0n) is 15.5. The molecule has 0 bridgehead atoms. The van der Waals surface area contributed by atoms with Crippen molar-refractivity contribution in [1.82, 2.24) is 4.90 Å². The molecule has 2 N–H and O–H groups in total. The van der Waals surface area contributed by atoms with Gasteiger partial charge in [0.15, 0.2) is 0 Å². The molecule has 5 nitrogen and oxygen atoms in total. The monoisotopic (exact) mass is 367 g/mol. The van der Waals surface area contributed by atoms with Crippen LogP contribution in [0, 0.1) is 12.7 Å². The topological polar surface area (TPSA) is 62.2 Å². The Balaban J connectivity index is 1.60. The molecule has 1 saturated heterocycles. The van der Waals surface area contributed by atoms with E-state index in [4.69, 9.17) is 9.47 Å². The fourth-order valence-corrected chi connectivity index (χ4v) is 3.93. The first-order chi connectivity index (χ1) is 12.4. The first kappa shape index (κ1) is 19.5. The molecule has 3 rings (SSSR count). The summed E-state index contributed by atoms with van der Waals surface area (Å²) in [7, 11) is 0. The Morgan fingerprint density at radius 2 is 1.96 bits per heavy atom. The van der Waals surface area contributed by atoms with Crippen molar-refractivity contribution in [2.75, 3.05) is 39.5 Å². The van der Waals surface area contributed by atoms with Crippen LogP contribution in [-0.4, -0.2) is 65.8 Å². The normalized spacial score (nSPS) is 27.1. The zero-order valence-corrected chi connectivity index (χ0v) is 15.5. The predicted octanol–water partition coefficient (Wildman–Crippen LogP) is 2.27. The van der Waals surface area contributed by atoms with Crippen LogP contribution in [0.25, 0.3) is 0 Å². The van der Waals surface area contributed by atoms with Crippen molar-refractivity contribution >= 4 is 0 Å². The van der Waals surface area contributed by atoms with Crippen molar-refractivity contribution in [2.24, 2.45) is 0 Å². The highest BCUT2D eigenvalue weighted by Crippen LogP contribution is 2.29. The molecule has 1 atom stereocenters. The second-order valence-electron chi connectivity index (χ2n) is 7.97. The van der Waals surface area contributed by atoms with Crippen LogP contribution in [0.3, 0.4) is 0 Å². The highest BCUT2D eigenvalue weighted by Gasteiger charge is 2.38. The Labute approximate surface area is 154 Å². The van der Waals surface area contributed by atoms with Gasteiger partial charge in [-0.3, -0.25) is 4.90 Å². The molecule has 6 heteroatoms. The molecule has 146 valence electrons. The van der Waals surface area contributed by atoms with E-state index in [1.807, 2.05) is 0 Å². The number of benzene rings is 1. The molecule has 1 aliphatic carbocycles. The van der Waals surface area contributed by atoms with Gasteiger partial charge in [0.25, 0.3) is 0 Å². The highest BCUT2D eigenvalue weighted by atomic mass is 19.1. The molecule has 0 spiro atoms. The lowest BCUT2D eigenvalue weighted by Crippen LogP contribution is -2.53. The minimum Gasteiger partial charge on any atom is -0.490 e. The van der Waals surface area contributed by atoms with Gasteiger partial charge in [0.1, 0.15) is 23.8 Å². The molecular weight excluding hydrogens is 337 g/mol. The maximum absolute atomic E-state index is 13.4. The van der Waals surface area contributed by atoms with Crippen molar-refractivity contribution in [3.8, 4) is 5.75 Å². The number of rotatable bonds is 5. The molecule has 1 aromatic rings. The summed E-state index contributed by atoms with van der Waals surface area (Å²) in [4.78, 5) is 2.08. The molecule has 2 fully saturated rings. The van der Waals surface area contributed by atoms with Crippen LogP contribution < -0.4 is 4.74 Å². The van der Waals surface area contributed by atoms with E-state index in [9.17, 15) is 14.6 Å². The molecule has 0 amide bonds. The van der Waals surface area contributed by atoms with E-state index in [1.165, 1.54) is 12.5 Å². The molecule has 0 unspecified atom stereocenters. The molecule has 1 aliphatic heterocycles. The average molecular weight is 367 g/mol. The lowest BCUT2D eigenvalue weighted by atomic mass is 9.84. The minimum atomic E-state index is -1.16. The van der Waals surface area contributed by atoms with E-state index in [-0.39, 0.29) is 19.0 Å². The first-order valence-electron chi connectivity index (χ1n) is 9.51. The van der Waals surface area contributed by atoms with Gasteiger partial charge < -0.3 is 19.7 Å². The lowest BCUT2D eigenvalue weighted by Gasteiger charge is -2.38. The van der Waals surface area contributed by atoms with Gasteiger partial charge in [-0.1, -0.05) is 19.3 Å². The van der Waals surface area contributed by atoms with Crippen molar-refractivity contribution in [2.45, 2.75) is 50.2 Å². The summed E-state index contributed by atoms with van der Waals surface area (Å²) in [6, 6.07) is 4.55. The number of ether oxygens (including phenoxy) is 2. The Bertz CT molecular complexity index is 605. The Hall–Kier alpha value is -1.21. The third-order valence-electron chi connectivity index (χ3n) is 5.38. The summed E-state index contributed by atoms with van der Waals surface area (Å²) in [5.41, 5.74) is -1.32. The Morgan fingerprint density at radius 3 is 2.69 bits per heavy atom. The van der Waals surface area contributed by atoms with Crippen molar-refractivity contribution in [3.63, 3.8) is 0 Å². The van der Waals surface area contributed by atoms with Gasteiger partial charge >= 0.3 is 0 Å². The smallest absolute Gasteiger partial charge is 0.134 e. The quantitative estimate of drug-likeness (QED) is 0.836.